The Bertz CT molecular complexity index is 318. The lowest BCUT2D eigenvalue weighted by Gasteiger charge is -2.33. The van der Waals surface area contributed by atoms with Crippen LogP contribution in [0.4, 0.5) is 4.79 Å². The first-order chi connectivity index (χ1) is 8.64. The van der Waals surface area contributed by atoms with E-state index in [0.29, 0.717) is 12.8 Å². The van der Waals surface area contributed by atoms with E-state index in [9.17, 15) is 14.7 Å². The predicted molar refractivity (Wildman–Crippen MR) is 67.4 cm³/mol. The van der Waals surface area contributed by atoms with Crippen molar-refractivity contribution in [1.29, 1.82) is 0 Å². The number of urea groups is 1. The van der Waals surface area contributed by atoms with Crippen LogP contribution < -0.4 is 5.32 Å². The summed E-state index contributed by atoms with van der Waals surface area (Å²) in [4.78, 5) is 25.1. The molecule has 0 radical (unpaired) electrons. The van der Waals surface area contributed by atoms with Crippen LogP contribution in [0, 0.1) is 5.41 Å². The number of likely N-dealkylation sites (tertiary alicyclic amines) is 1. The molecule has 102 valence electrons. The van der Waals surface area contributed by atoms with Gasteiger partial charge in [-0.3, -0.25) is 4.79 Å². The van der Waals surface area contributed by atoms with Crippen LogP contribution in [0.25, 0.3) is 0 Å². The molecule has 0 unspecified atom stereocenters. The number of rotatable bonds is 3. The third-order valence-corrected chi connectivity index (χ3v) is 4.24. The molecular formula is C13H22N2O3. The number of hydrogen-bond acceptors (Lipinski definition) is 2. The van der Waals surface area contributed by atoms with E-state index in [1.165, 1.54) is 0 Å². The third kappa shape index (κ3) is 2.76. The summed E-state index contributed by atoms with van der Waals surface area (Å²) in [5.41, 5.74) is -0.729. The van der Waals surface area contributed by atoms with Gasteiger partial charge in [0.1, 0.15) is 0 Å². The Balaban J connectivity index is 1.89. The summed E-state index contributed by atoms with van der Waals surface area (Å²) in [6, 6.07) is -0.0984. The number of amides is 2. The second-order valence-electron chi connectivity index (χ2n) is 5.50. The second-order valence-corrected chi connectivity index (χ2v) is 5.50. The SMILES string of the molecule is O=C(NCC1(C(=O)O)CCCCC1)N1CCCC1. The van der Waals surface area contributed by atoms with Gasteiger partial charge in [-0.1, -0.05) is 19.3 Å². The van der Waals surface area contributed by atoms with Crippen LogP contribution in [-0.4, -0.2) is 41.6 Å². The van der Waals surface area contributed by atoms with Gasteiger partial charge in [-0.15, -0.1) is 0 Å². The Hall–Kier alpha value is -1.26. The van der Waals surface area contributed by atoms with Crippen molar-refractivity contribution in [1.82, 2.24) is 10.2 Å². The number of carbonyl (C=O) groups excluding carboxylic acids is 1. The molecule has 0 bridgehead atoms. The standard InChI is InChI=1S/C13H22N2O3/c16-11(17)13(6-2-1-3-7-13)10-14-12(18)15-8-4-5-9-15/h1-10H2,(H,14,18)(H,16,17). The van der Waals surface area contributed by atoms with E-state index in [1.54, 1.807) is 4.90 Å². The second kappa shape index (κ2) is 5.59. The van der Waals surface area contributed by atoms with E-state index in [1.807, 2.05) is 0 Å². The average molecular weight is 254 g/mol. The van der Waals surface area contributed by atoms with Crippen molar-refractivity contribution in [2.45, 2.75) is 44.9 Å². The van der Waals surface area contributed by atoms with Crippen LogP contribution in [-0.2, 0) is 4.79 Å². The minimum Gasteiger partial charge on any atom is -0.481 e. The molecule has 1 saturated carbocycles. The largest absolute Gasteiger partial charge is 0.481 e. The fourth-order valence-corrected chi connectivity index (χ4v) is 2.97. The quantitative estimate of drug-likeness (QED) is 0.807. The lowest BCUT2D eigenvalue weighted by molar-refractivity contribution is -0.150. The molecule has 18 heavy (non-hydrogen) atoms. The van der Waals surface area contributed by atoms with Gasteiger partial charge in [-0.2, -0.15) is 0 Å². The summed E-state index contributed by atoms with van der Waals surface area (Å²) in [5, 5.41) is 12.2. The number of carboxylic acid groups (broad SMARTS) is 1. The first kappa shape index (κ1) is 13.2. The van der Waals surface area contributed by atoms with Gasteiger partial charge in [-0.25, -0.2) is 4.79 Å². The molecule has 0 spiro atoms. The van der Waals surface area contributed by atoms with Gasteiger partial charge >= 0.3 is 12.0 Å². The van der Waals surface area contributed by atoms with Crippen LogP contribution in [0.2, 0.25) is 0 Å². The summed E-state index contributed by atoms with van der Waals surface area (Å²) in [6.45, 7) is 1.87. The number of carbonyl (C=O) groups is 2. The number of hydrogen-bond donors (Lipinski definition) is 2. The van der Waals surface area contributed by atoms with Crippen LogP contribution in [0.5, 0.6) is 0 Å². The maximum absolute atomic E-state index is 11.9. The molecule has 1 aliphatic heterocycles. The first-order valence-corrected chi connectivity index (χ1v) is 6.90. The molecule has 0 aromatic rings. The zero-order valence-electron chi connectivity index (χ0n) is 10.8. The molecule has 1 saturated heterocycles. The first-order valence-electron chi connectivity index (χ1n) is 6.90. The van der Waals surface area contributed by atoms with Crippen molar-refractivity contribution in [2.24, 2.45) is 5.41 Å². The molecule has 2 rings (SSSR count). The molecule has 0 atom stereocenters. The van der Waals surface area contributed by atoms with Gasteiger partial charge in [0.15, 0.2) is 0 Å². The Morgan fingerprint density at radius 1 is 1.06 bits per heavy atom. The lowest BCUT2D eigenvalue weighted by atomic mass is 9.74. The molecule has 5 nitrogen and oxygen atoms in total. The Morgan fingerprint density at radius 3 is 2.22 bits per heavy atom. The average Bonchev–Trinajstić information content (AvgIpc) is 2.91. The highest BCUT2D eigenvalue weighted by Crippen LogP contribution is 2.36. The molecule has 0 aromatic carbocycles. The van der Waals surface area contributed by atoms with Crippen LogP contribution in [0.1, 0.15) is 44.9 Å². The summed E-state index contributed by atoms with van der Waals surface area (Å²) in [5.74, 6) is -0.760. The topological polar surface area (TPSA) is 69.6 Å². The number of aliphatic carboxylic acids is 1. The number of carboxylic acids is 1. The maximum atomic E-state index is 11.9. The zero-order chi connectivity index (χ0) is 13.0. The third-order valence-electron chi connectivity index (χ3n) is 4.24. The zero-order valence-corrected chi connectivity index (χ0v) is 10.8. The van der Waals surface area contributed by atoms with Gasteiger partial charge in [0, 0.05) is 19.6 Å². The highest BCUT2D eigenvalue weighted by atomic mass is 16.4. The van der Waals surface area contributed by atoms with E-state index in [4.69, 9.17) is 0 Å². The van der Waals surface area contributed by atoms with Crippen molar-refractivity contribution in [3.05, 3.63) is 0 Å². The highest BCUT2D eigenvalue weighted by Gasteiger charge is 2.40. The van der Waals surface area contributed by atoms with E-state index in [-0.39, 0.29) is 12.6 Å². The van der Waals surface area contributed by atoms with Crippen molar-refractivity contribution in [3.63, 3.8) is 0 Å². The smallest absolute Gasteiger partial charge is 0.317 e. The van der Waals surface area contributed by atoms with Gasteiger partial charge < -0.3 is 15.3 Å². The van der Waals surface area contributed by atoms with Crippen LogP contribution in [0.15, 0.2) is 0 Å². The molecule has 2 fully saturated rings. The normalized spacial score (nSPS) is 22.8. The van der Waals surface area contributed by atoms with Gasteiger partial charge in [0.05, 0.1) is 5.41 Å². The maximum Gasteiger partial charge on any atom is 0.317 e. The molecule has 2 N–H and O–H groups in total. The van der Waals surface area contributed by atoms with E-state index >= 15 is 0 Å². The molecule has 1 heterocycles. The molecule has 5 heteroatoms. The molecule has 2 amide bonds. The number of nitrogens with zero attached hydrogens (tertiary/aromatic N) is 1. The van der Waals surface area contributed by atoms with Gasteiger partial charge in [-0.05, 0) is 25.7 Å². The van der Waals surface area contributed by atoms with Crippen molar-refractivity contribution < 1.29 is 14.7 Å². The van der Waals surface area contributed by atoms with Crippen molar-refractivity contribution >= 4 is 12.0 Å². The Morgan fingerprint density at radius 2 is 1.67 bits per heavy atom. The highest BCUT2D eigenvalue weighted by molar-refractivity contribution is 5.78. The molecular weight excluding hydrogens is 232 g/mol. The summed E-state index contributed by atoms with van der Waals surface area (Å²) in [6.07, 6.45) is 6.48. The fourth-order valence-electron chi connectivity index (χ4n) is 2.97. The lowest BCUT2D eigenvalue weighted by Crippen LogP contribution is -2.47. The molecule has 1 aliphatic carbocycles. The van der Waals surface area contributed by atoms with Crippen LogP contribution in [0.3, 0.4) is 0 Å². The predicted octanol–water partition coefficient (Wildman–Crippen LogP) is 1.83. The molecule has 2 aliphatic rings. The summed E-state index contributed by atoms with van der Waals surface area (Å²) in [7, 11) is 0. The minimum atomic E-state index is -0.760. The van der Waals surface area contributed by atoms with Crippen molar-refractivity contribution in [3.8, 4) is 0 Å². The van der Waals surface area contributed by atoms with Gasteiger partial charge in [0.25, 0.3) is 0 Å². The van der Waals surface area contributed by atoms with Gasteiger partial charge in [0.2, 0.25) is 0 Å². The van der Waals surface area contributed by atoms with E-state index in [2.05, 4.69) is 5.32 Å². The summed E-state index contributed by atoms with van der Waals surface area (Å²) < 4.78 is 0. The fraction of sp³-hybridized carbons (Fsp3) is 0.846. The summed E-state index contributed by atoms with van der Waals surface area (Å²) >= 11 is 0. The van der Waals surface area contributed by atoms with E-state index in [0.717, 1.165) is 45.2 Å². The van der Waals surface area contributed by atoms with Crippen molar-refractivity contribution in [2.75, 3.05) is 19.6 Å². The minimum absolute atomic E-state index is 0.0984. The Kier molecular flexibility index (Phi) is 4.09. The van der Waals surface area contributed by atoms with Crippen LogP contribution >= 0.6 is 0 Å². The molecule has 0 aromatic heterocycles. The monoisotopic (exact) mass is 254 g/mol. The number of nitrogens with one attached hydrogen (secondary N) is 1. The van der Waals surface area contributed by atoms with E-state index < -0.39 is 11.4 Å². The Labute approximate surface area is 108 Å².